The van der Waals surface area contributed by atoms with E-state index in [0.29, 0.717) is 28.2 Å². The van der Waals surface area contributed by atoms with Crippen molar-refractivity contribution >= 4 is 23.0 Å². The van der Waals surface area contributed by atoms with Gasteiger partial charge in [0.1, 0.15) is 5.82 Å². The third kappa shape index (κ3) is 5.69. The van der Waals surface area contributed by atoms with Crippen LogP contribution in [-0.4, -0.2) is 26.1 Å². The number of tetrazole rings is 1. The second-order valence-corrected chi connectivity index (χ2v) is 7.39. The van der Waals surface area contributed by atoms with E-state index in [9.17, 15) is 22.4 Å². The van der Waals surface area contributed by atoms with Crippen LogP contribution in [0.1, 0.15) is 11.1 Å². The molecule has 0 aliphatic carbocycles. The summed E-state index contributed by atoms with van der Waals surface area (Å²) in [5.74, 6) is -0.689. The second-order valence-electron chi connectivity index (χ2n) is 7.39. The van der Waals surface area contributed by atoms with Gasteiger partial charge in [0, 0.05) is 28.2 Å². The minimum absolute atomic E-state index is 0.0359. The molecular weight excluding hydrogens is 464 g/mol. The molecular formula is C24H18F4N6O. The number of carbonyl (C=O) groups is 1. The van der Waals surface area contributed by atoms with Gasteiger partial charge >= 0.3 is 6.18 Å². The Kier molecular flexibility index (Phi) is 6.58. The minimum atomic E-state index is -4.45. The van der Waals surface area contributed by atoms with Crippen LogP contribution < -0.4 is 10.6 Å². The van der Waals surface area contributed by atoms with Crippen molar-refractivity contribution in [1.29, 1.82) is 0 Å². The molecule has 1 aromatic heterocycles. The summed E-state index contributed by atoms with van der Waals surface area (Å²) in [5, 5.41) is 18.0. The van der Waals surface area contributed by atoms with Crippen LogP contribution in [0.15, 0.2) is 79.4 Å². The molecule has 4 aromatic rings. The van der Waals surface area contributed by atoms with Crippen LogP contribution in [-0.2, 0) is 17.5 Å². The molecule has 0 radical (unpaired) electrons. The number of hydrogen-bond donors (Lipinski definition) is 2. The molecule has 7 nitrogen and oxygen atoms in total. The summed E-state index contributed by atoms with van der Waals surface area (Å²) >= 11 is 0. The van der Waals surface area contributed by atoms with Crippen LogP contribution in [0, 0.1) is 5.82 Å². The van der Waals surface area contributed by atoms with Crippen molar-refractivity contribution in [2.45, 2.75) is 12.7 Å². The first kappa shape index (κ1) is 23.6. The van der Waals surface area contributed by atoms with Gasteiger partial charge in [0.25, 0.3) is 0 Å². The standard InChI is InChI=1S/C24H18F4N6O/c1-2-22(35)30-18-11-12-21(29-17-9-7-16(8-10-17)24(26,27)28)19(13-18)23-31-33-34(32-23)14-15-5-3-4-6-20(15)25/h2-13,29H,1,14H2,(H,30,35). The third-order valence-corrected chi connectivity index (χ3v) is 4.93. The average molecular weight is 482 g/mol. The van der Waals surface area contributed by atoms with Gasteiger partial charge in [-0.05, 0) is 59.8 Å². The third-order valence-electron chi connectivity index (χ3n) is 4.93. The lowest BCUT2D eigenvalue weighted by Gasteiger charge is -2.13. The van der Waals surface area contributed by atoms with Crippen molar-refractivity contribution in [3.05, 3.63) is 96.3 Å². The minimum Gasteiger partial charge on any atom is -0.355 e. The average Bonchev–Trinajstić information content (AvgIpc) is 3.29. The first-order valence-corrected chi connectivity index (χ1v) is 10.3. The molecule has 11 heteroatoms. The van der Waals surface area contributed by atoms with E-state index in [1.807, 2.05) is 0 Å². The van der Waals surface area contributed by atoms with E-state index in [4.69, 9.17) is 0 Å². The van der Waals surface area contributed by atoms with Gasteiger partial charge in [0.05, 0.1) is 12.1 Å². The Bertz CT molecular complexity index is 1370. The molecule has 1 amide bonds. The highest BCUT2D eigenvalue weighted by Crippen LogP contribution is 2.33. The predicted octanol–water partition coefficient (Wildman–Crippen LogP) is 5.41. The van der Waals surface area contributed by atoms with Gasteiger partial charge in [-0.15, -0.1) is 10.2 Å². The van der Waals surface area contributed by atoms with Gasteiger partial charge < -0.3 is 10.6 Å². The van der Waals surface area contributed by atoms with Gasteiger partial charge in [-0.3, -0.25) is 4.79 Å². The number of anilines is 3. The van der Waals surface area contributed by atoms with Crippen molar-refractivity contribution in [3.8, 4) is 11.4 Å². The lowest BCUT2D eigenvalue weighted by molar-refractivity contribution is -0.137. The van der Waals surface area contributed by atoms with Gasteiger partial charge in [0.2, 0.25) is 11.7 Å². The summed E-state index contributed by atoms with van der Waals surface area (Å²) in [6, 6.07) is 15.5. The first-order valence-electron chi connectivity index (χ1n) is 10.3. The number of nitrogens with zero attached hydrogens (tertiary/aromatic N) is 4. The SMILES string of the molecule is C=CC(=O)Nc1ccc(Nc2ccc(C(F)(F)F)cc2)c(-c2nnn(Cc3ccccc3F)n2)c1. The number of hydrogen-bond acceptors (Lipinski definition) is 5. The topological polar surface area (TPSA) is 84.7 Å². The molecule has 0 bridgehead atoms. The largest absolute Gasteiger partial charge is 0.416 e. The van der Waals surface area contributed by atoms with Crippen LogP contribution in [0.4, 0.5) is 34.6 Å². The van der Waals surface area contributed by atoms with Crippen LogP contribution in [0.25, 0.3) is 11.4 Å². The molecule has 0 unspecified atom stereocenters. The second kappa shape index (κ2) is 9.75. The quantitative estimate of drug-likeness (QED) is 0.272. The highest BCUT2D eigenvalue weighted by Gasteiger charge is 2.30. The Morgan fingerprint density at radius 2 is 1.74 bits per heavy atom. The van der Waals surface area contributed by atoms with Crippen LogP contribution in [0.2, 0.25) is 0 Å². The van der Waals surface area contributed by atoms with E-state index in [1.54, 1.807) is 36.4 Å². The number of rotatable bonds is 7. The Labute approximate surface area is 197 Å². The van der Waals surface area contributed by atoms with Gasteiger partial charge in [0.15, 0.2) is 0 Å². The molecule has 0 saturated heterocycles. The van der Waals surface area contributed by atoms with Gasteiger partial charge in [-0.1, -0.05) is 24.8 Å². The summed E-state index contributed by atoms with van der Waals surface area (Å²) in [4.78, 5) is 13.0. The number of aromatic nitrogens is 4. The number of halogens is 4. The number of alkyl halides is 3. The van der Waals surface area contributed by atoms with Crippen LogP contribution >= 0.6 is 0 Å². The normalized spacial score (nSPS) is 11.2. The van der Waals surface area contributed by atoms with Gasteiger partial charge in [-0.25, -0.2) is 4.39 Å². The lowest BCUT2D eigenvalue weighted by Crippen LogP contribution is -2.08. The fraction of sp³-hybridized carbons (Fsp3) is 0.0833. The zero-order valence-corrected chi connectivity index (χ0v) is 18.1. The molecule has 0 aliphatic rings. The van der Waals surface area contributed by atoms with Crippen molar-refractivity contribution in [3.63, 3.8) is 0 Å². The molecule has 2 N–H and O–H groups in total. The Balaban J connectivity index is 1.66. The van der Waals surface area contributed by atoms with E-state index in [2.05, 4.69) is 32.6 Å². The molecule has 0 spiro atoms. The van der Waals surface area contributed by atoms with E-state index in [-0.39, 0.29) is 12.4 Å². The number of amides is 1. The molecule has 0 aliphatic heterocycles. The predicted molar refractivity (Wildman–Crippen MR) is 122 cm³/mol. The lowest BCUT2D eigenvalue weighted by atomic mass is 10.1. The first-order chi connectivity index (χ1) is 16.7. The molecule has 0 fully saturated rings. The molecule has 178 valence electrons. The molecule has 0 atom stereocenters. The number of carbonyl (C=O) groups excluding carboxylic acids is 1. The molecule has 35 heavy (non-hydrogen) atoms. The summed E-state index contributed by atoms with van der Waals surface area (Å²) in [6.07, 6.45) is -3.34. The zero-order valence-electron chi connectivity index (χ0n) is 18.1. The van der Waals surface area contributed by atoms with Crippen molar-refractivity contribution in [1.82, 2.24) is 20.2 Å². The summed E-state index contributed by atoms with van der Waals surface area (Å²) in [5.41, 5.74) is 1.25. The molecule has 1 heterocycles. The van der Waals surface area contributed by atoms with E-state index < -0.39 is 23.5 Å². The maximum atomic E-state index is 14.0. The molecule has 4 rings (SSSR count). The van der Waals surface area contributed by atoms with E-state index in [1.165, 1.54) is 23.0 Å². The fourth-order valence-electron chi connectivity index (χ4n) is 3.20. The summed E-state index contributed by atoms with van der Waals surface area (Å²) in [6.45, 7) is 3.45. The highest BCUT2D eigenvalue weighted by atomic mass is 19.4. The smallest absolute Gasteiger partial charge is 0.355 e. The summed E-state index contributed by atoms with van der Waals surface area (Å²) in [7, 11) is 0. The number of nitrogens with one attached hydrogen (secondary N) is 2. The molecule has 0 saturated carbocycles. The Hall–Kier alpha value is -4.54. The van der Waals surface area contributed by atoms with E-state index in [0.717, 1.165) is 18.2 Å². The van der Waals surface area contributed by atoms with Crippen LogP contribution in [0.3, 0.4) is 0 Å². The van der Waals surface area contributed by atoms with Gasteiger partial charge in [-0.2, -0.15) is 18.0 Å². The summed E-state index contributed by atoms with van der Waals surface area (Å²) < 4.78 is 52.6. The highest BCUT2D eigenvalue weighted by molar-refractivity contribution is 5.99. The monoisotopic (exact) mass is 482 g/mol. The van der Waals surface area contributed by atoms with Crippen molar-refractivity contribution in [2.24, 2.45) is 0 Å². The Morgan fingerprint density at radius 1 is 1.03 bits per heavy atom. The fourth-order valence-corrected chi connectivity index (χ4v) is 3.20. The Morgan fingerprint density at radius 3 is 2.43 bits per heavy atom. The van der Waals surface area contributed by atoms with E-state index >= 15 is 0 Å². The molecule has 3 aromatic carbocycles. The maximum absolute atomic E-state index is 14.0. The zero-order chi connectivity index (χ0) is 25.0. The van der Waals surface area contributed by atoms with Crippen LogP contribution in [0.5, 0.6) is 0 Å². The number of benzene rings is 3. The van der Waals surface area contributed by atoms with Crippen molar-refractivity contribution in [2.75, 3.05) is 10.6 Å². The van der Waals surface area contributed by atoms with Crippen molar-refractivity contribution < 1.29 is 22.4 Å². The maximum Gasteiger partial charge on any atom is 0.416 e.